The molecule has 0 saturated heterocycles. The van der Waals surface area contributed by atoms with Gasteiger partial charge in [0.25, 0.3) is 0 Å². The Balaban J connectivity index is 2.82. The Labute approximate surface area is 124 Å². The lowest BCUT2D eigenvalue weighted by atomic mass is 10.2. The Kier molecular flexibility index (Phi) is 5.68. The lowest BCUT2D eigenvalue weighted by Crippen LogP contribution is -2.45. The number of nitrogen functional groups attached to an aromatic ring is 1. The first-order valence-corrected chi connectivity index (χ1v) is 7.96. The predicted octanol–water partition coefficient (Wildman–Crippen LogP) is 0.847. The molecule has 0 heterocycles. The van der Waals surface area contributed by atoms with Gasteiger partial charge in [0.05, 0.1) is 10.9 Å². The Morgan fingerprint density at radius 1 is 1.29 bits per heavy atom. The number of nitrogens with one attached hydrogen (secondary N) is 2. The summed E-state index contributed by atoms with van der Waals surface area (Å²) in [5, 5.41) is 2.61. The molecule has 0 aliphatic heterocycles. The smallest absolute Gasteiger partial charge is 0.241 e. The van der Waals surface area contributed by atoms with Crippen LogP contribution in [0.1, 0.15) is 20.8 Å². The molecule has 6 nitrogen and oxygen atoms in total. The summed E-state index contributed by atoms with van der Waals surface area (Å²) >= 11 is 0. The van der Waals surface area contributed by atoms with Gasteiger partial charge in [-0.1, -0.05) is 13.8 Å². The Morgan fingerprint density at radius 2 is 1.90 bits per heavy atom. The average molecular weight is 317 g/mol. The highest BCUT2D eigenvalue weighted by Crippen LogP contribution is 2.16. The summed E-state index contributed by atoms with van der Waals surface area (Å²) in [6, 6.07) is 2.01. The van der Waals surface area contributed by atoms with Gasteiger partial charge in [-0.15, -0.1) is 0 Å². The number of nitrogens with two attached hydrogens (primary N) is 1. The van der Waals surface area contributed by atoms with Gasteiger partial charge < -0.3 is 11.1 Å². The van der Waals surface area contributed by atoms with Crippen LogP contribution in [0.25, 0.3) is 0 Å². The molecule has 0 aromatic heterocycles. The highest BCUT2D eigenvalue weighted by Gasteiger charge is 2.22. The summed E-state index contributed by atoms with van der Waals surface area (Å²) in [4.78, 5) is 11.4. The maximum absolute atomic E-state index is 13.2. The second kappa shape index (κ2) is 6.86. The van der Waals surface area contributed by atoms with Crippen molar-refractivity contribution < 1.29 is 17.6 Å². The topological polar surface area (TPSA) is 101 Å². The van der Waals surface area contributed by atoms with Crippen molar-refractivity contribution in [1.29, 1.82) is 0 Å². The van der Waals surface area contributed by atoms with E-state index < -0.39 is 27.8 Å². The molecule has 1 aromatic rings. The number of hydrogen-bond acceptors (Lipinski definition) is 4. The quantitative estimate of drug-likeness (QED) is 0.677. The largest absolute Gasteiger partial charge is 0.399 e. The number of sulfonamides is 1. The van der Waals surface area contributed by atoms with Crippen LogP contribution in [-0.2, 0) is 14.8 Å². The summed E-state index contributed by atoms with van der Waals surface area (Å²) in [6.07, 6.45) is 0. The van der Waals surface area contributed by atoms with E-state index in [1.54, 1.807) is 0 Å². The van der Waals surface area contributed by atoms with Crippen molar-refractivity contribution >= 4 is 21.6 Å². The van der Waals surface area contributed by atoms with Crippen LogP contribution in [0.15, 0.2) is 23.1 Å². The molecule has 21 heavy (non-hydrogen) atoms. The number of amides is 1. The highest BCUT2D eigenvalue weighted by molar-refractivity contribution is 7.89. The van der Waals surface area contributed by atoms with Gasteiger partial charge in [0, 0.05) is 12.2 Å². The third kappa shape index (κ3) is 5.31. The number of anilines is 1. The van der Waals surface area contributed by atoms with Crippen LogP contribution in [0, 0.1) is 11.7 Å². The number of halogens is 1. The number of carbonyl (C=O) groups excluding carboxylic acids is 1. The molecule has 0 aliphatic rings. The molecular formula is C13H20FN3O3S. The Morgan fingerprint density at radius 3 is 2.43 bits per heavy atom. The summed E-state index contributed by atoms with van der Waals surface area (Å²) in [7, 11) is -4.02. The minimum absolute atomic E-state index is 0.00714. The second-order valence-corrected chi connectivity index (χ2v) is 6.92. The SMILES string of the molecule is CC(C)CNC(=O)C(C)NS(=O)(=O)c1cc(N)cc(F)c1. The van der Waals surface area contributed by atoms with E-state index in [0.717, 1.165) is 18.2 Å². The summed E-state index contributed by atoms with van der Waals surface area (Å²) in [6.45, 7) is 5.70. The zero-order valence-corrected chi connectivity index (χ0v) is 13.0. The van der Waals surface area contributed by atoms with Gasteiger partial charge in [0.1, 0.15) is 5.82 Å². The third-order valence-corrected chi connectivity index (χ3v) is 4.13. The molecule has 8 heteroatoms. The van der Waals surface area contributed by atoms with E-state index in [-0.39, 0.29) is 16.5 Å². The fourth-order valence-corrected chi connectivity index (χ4v) is 2.82. The van der Waals surface area contributed by atoms with Crippen LogP contribution >= 0.6 is 0 Å². The zero-order chi connectivity index (χ0) is 16.2. The minimum Gasteiger partial charge on any atom is -0.399 e. The van der Waals surface area contributed by atoms with Crippen LogP contribution in [0.4, 0.5) is 10.1 Å². The Bertz CT molecular complexity index is 597. The molecule has 0 radical (unpaired) electrons. The maximum Gasteiger partial charge on any atom is 0.241 e. The number of benzene rings is 1. The molecule has 0 saturated carbocycles. The van der Waals surface area contributed by atoms with E-state index in [4.69, 9.17) is 5.73 Å². The van der Waals surface area contributed by atoms with Gasteiger partial charge in [-0.2, -0.15) is 4.72 Å². The first-order chi connectivity index (χ1) is 9.61. The second-order valence-electron chi connectivity index (χ2n) is 5.20. The third-order valence-electron chi connectivity index (χ3n) is 2.61. The van der Waals surface area contributed by atoms with Gasteiger partial charge in [-0.05, 0) is 31.0 Å². The zero-order valence-electron chi connectivity index (χ0n) is 12.2. The lowest BCUT2D eigenvalue weighted by Gasteiger charge is -2.15. The number of carbonyl (C=O) groups is 1. The van der Waals surface area contributed by atoms with Crippen LogP contribution in [0.3, 0.4) is 0 Å². The van der Waals surface area contributed by atoms with Gasteiger partial charge in [0.2, 0.25) is 15.9 Å². The van der Waals surface area contributed by atoms with E-state index in [2.05, 4.69) is 10.0 Å². The summed E-state index contributed by atoms with van der Waals surface area (Å²) in [5.41, 5.74) is 5.41. The van der Waals surface area contributed by atoms with Gasteiger partial charge in [-0.25, -0.2) is 12.8 Å². The first kappa shape index (κ1) is 17.4. The van der Waals surface area contributed by atoms with Crippen molar-refractivity contribution in [2.45, 2.75) is 31.7 Å². The summed E-state index contributed by atoms with van der Waals surface area (Å²) < 4.78 is 39.6. The van der Waals surface area contributed by atoms with Crippen molar-refractivity contribution in [2.24, 2.45) is 5.92 Å². The molecule has 0 fully saturated rings. The fraction of sp³-hybridized carbons (Fsp3) is 0.462. The van der Waals surface area contributed by atoms with E-state index in [1.807, 2.05) is 13.8 Å². The monoisotopic (exact) mass is 317 g/mol. The van der Waals surface area contributed by atoms with Crippen molar-refractivity contribution in [3.63, 3.8) is 0 Å². The van der Waals surface area contributed by atoms with E-state index in [9.17, 15) is 17.6 Å². The van der Waals surface area contributed by atoms with E-state index >= 15 is 0 Å². The molecule has 0 bridgehead atoms. The van der Waals surface area contributed by atoms with Gasteiger partial charge in [-0.3, -0.25) is 4.79 Å². The maximum atomic E-state index is 13.2. The molecule has 1 aromatic carbocycles. The molecule has 118 valence electrons. The molecule has 1 rings (SSSR count). The molecular weight excluding hydrogens is 297 g/mol. The van der Waals surface area contributed by atoms with Crippen molar-refractivity contribution in [3.8, 4) is 0 Å². The fourth-order valence-electron chi connectivity index (χ4n) is 1.55. The van der Waals surface area contributed by atoms with Crippen LogP contribution < -0.4 is 15.8 Å². The van der Waals surface area contributed by atoms with Gasteiger partial charge in [0.15, 0.2) is 0 Å². The van der Waals surface area contributed by atoms with Crippen molar-refractivity contribution in [3.05, 3.63) is 24.0 Å². The minimum atomic E-state index is -4.02. The standard InChI is InChI=1S/C13H20FN3O3S/c1-8(2)7-16-13(18)9(3)17-21(19,20)12-5-10(14)4-11(15)6-12/h4-6,8-9,17H,7,15H2,1-3H3,(H,16,18). The van der Waals surface area contributed by atoms with Crippen LogP contribution in [-0.4, -0.2) is 26.9 Å². The predicted molar refractivity (Wildman–Crippen MR) is 78.4 cm³/mol. The molecule has 1 atom stereocenters. The number of rotatable bonds is 6. The molecule has 0 spiro atoms. The van der Waals surface area contributed by atoms with E-state index in [1.165, 1.54) is 6.92 Å². The highest BCUT2D eigenvalue weighted by atomic mass is 32.2. The normalized spacial score (nSPS) is 13.2. The van der Waals surface area contributed by atoms with Crippen LogP contribution in [0.5, 0.6) is 0 Å². The lowest BCUT2D eigenvalue weighted by molar-refractivity contribution is -0.122. The average Bonchev–Trinajstić information content (AvgIpc) is 2.34. The molecule has 4 N–H and O–H groups in total. The molecule has 1 unspecified atom stereocenters. The summed E-state index contributed by atoms with van der Waals surface area (Å²) in [5.74, 6) is -0.954. The Hall–Kier alpha value is -1.67. The van der Waals surface area contributed by atoms with Crippen LogP contribution in [0.2, 0.25) is 0 Å². The van der Waals surface area contributed by atoms with E-state index in [0.29, 0.717) is 6.54 Å². The first-order valence-electron chi connectivity index (χ1n) is 6.48. The van der Waals surface area contributed by atoms with Gasteiger partial charge >= 0.3 is 0 Å². The van der Waals surface area contributed by atoms with Crippen molar-refractivity contribution in [2.75, 3.05) is 12.3 Å². The molecule has 1 amide bonds. The molecule has 0 aliphatic carbocycles. The number of hydrogen-bond donors (Lipinski definition) is 3. The van der Waals surface area contributed by atoms with Crippen molar-refractivity contribution in [1.82, 2.24) is 10.0 Å².